The first kappa shape index (κ1) is 17.2. The van der Waals surface area contributed by atoms with Crippen LogP contribution >= 0.6 is 0 Å². The number of carbonyl (C=O) groups is 1. The first-order valence-electron chi connectivity index (χ1n) is 6.90. The lowest BCUT2D eigenvalue weighted by atomic mass is 10.1. The predicted molar refractivity (Wildman–Crippen MR) is 80.0 cm³/mol. The quantitative estimate of drug-likeness (QED) is 0.773. The number of hydrogen-bond donors (Lipinski definition) is 2. The maximum absolute atomic E-state index is 13.3. The minimum Gasteiger partial charge on any atom is -0.395 e. The third-order valence-electron chi connectivity index (χ3n) is 2.76. The lowest BCUT2D eigenvalue weighted by Crippen LogP contribution is -2.34. The van der Waals surface area contributed by atoms with E-state index in [-0.39, 0.29) is 24.9 Å². The molecule has 0 spiro atoms. The Bertz CT molecular complexity index is 535. The standard InChI is InChI=1S/C16H21FN2O2/c1-3-18-16(21)12-19(2)11-14-7-8-15(17)10-13(14)6-4-5-9-20/h7-8,10,20H,3,5,9,11-12H2,1-2H3,(H,18,21). The number of likely N-dealkylation sites (N-methyl/N-ethyl adjacent to an activating group) is 2. The molecule has 0 unspecified atom stereocenters. The molecule has 1 aromatic rings. The van der Waals surface area contributed by atoms with Gasteiger partial charge in [-0.2, -0.15) is 0 Å². The summed E-state index contributed by atoms with van der Waals surface area (Å²) in [5, 5.41) is 11.5. The highest BCUT2D eigenvalue weighted by molar-refractivity contribution is 5.77. The van der Waals surface area contributed by atoms with E-state index in [9.17, 15) is 9.18 Å². The number of halogens is 1. The third-order valence-corrected chi connectivity index (χ3v) is 2.76. The fourth-order valence-corrected chi connectivity index (χ4v) is 1.86. The lowest BCUT2D eigenvalue weighted by molar-refractivity contribution is -0.121. The van der Waals surface area contributed by atoms with Crippen LogP contribution in [0.5, 0.6) is 0 Å². The van der Waals surface area contributed by atoms with Gasteiger partial charge in [0.15, 0.2) is 0 Å². The number of hydrogen-bond acceptors (Lipinski definition) is 3. The Morgan fingerprint density at radius 1 is 1.48 bits per heavy atom. The summed E-state index contributed by atoms with van der Waals surface area (Å²) in [6, 6.07) is 4.43. The fraction of sp³-hybridized carbons (Fsp3) is 0.438. The van der Waals surface area contributed by atoms with Gasteiger partial charge in [0.1, 0.15) is 5.82 Å². The second-order valence-corrected chi connectivity index (χ2v) is 4.70. The van der Waals surface area contributed by atoms with Crippen molar-refractivity contribution in [3.63, 3.8) is 0 Å². The summed E-state index contributed by atoms with van der Waals surface area (Å²) in [4.78, 5) is 13.4. The smallest absolute Gasteiger partial charge is 0.234 e. The molecule has 21 heavy (non-hydrogen) atoms. The zero-order chi connectivity index (χ0) is 15.7. The number of benzene rings is 1. The number of nitrogens with one attached hydrogen (secondary N) is 1. The number of amides is 1. The summed E-state index contributed by atoms with van der Waals surface area (Å²) in [6.07, 6.45) is 0.352. The number of rotatable bonds is 6. The molecule has 0 fully saturated rings. The van der Waals surface area contributed by atoms with Crippen LogP contribution in [0.4, 0.5) is 4.39 Å². The zero-order valence-corrected chi connectivity index (χ0v) is 12.4. The van der Waals surface area contributed by atoms with Crippen molar-refractivity contribution in [1.29, 1.82) is 0 Å². The van der Waals surface area contributed by atoms with Crippen LogP contribution in [0, 0.1) is 17.7 Å². The molecule has 0 aliphatic carbocycles. The van der Waals surface area contributed by atoms with Crippen molar-refractivity contribution < 1.29 is 14.3 Å². The van der Waals surface area contributed by atoms with Crippen molar-refractivity contribution in [2.75, 3.05) is 26.7 Å². The lowest BCUT2D eigenvalue weighted by Gasteiger charge is -2.17. The average molecular weight is 292 g/mol. The van der Waals surface area contributed by atoms with E-state index in [2.05, 4.69) is 17.2 Å². The molecule has 0 bridgehead atoms. The summed E-state index contributed by atoms with van der Waals surface area (Å²) in [5.41, 5.74) is 1.44. The third kappa shape index (κ3) is 6.39. The maximum atomic E-state index is 13.3. The fourth-order valence-electron chi connectivity index (χ4n) is 1.86. The van der Waals surface area contributed by atoms with Gasteiger partial charge in [-0.25, -0.2) is 4.39 Å². The van der Waals surface area contributed by atoms with Crippen molar-refractivity contribution in [1.82, 2.24) is 10.2 Å². The van der Waals surface area contributed by atoms with Gasteiger partial charge in [-0.05, 0) is 31.7 Å². The highest BCUT2D eigenvalue weighted by Gasteiger charge is 2.09. The van der Waals surface area contributed by atoms with Crippen molar-refractivity contribution in [2.24, 2.45) is 0 Å². The van der Waals surface area contributed by atoms with Crippen molar-refractivity contribution in [3.8, 4) is 11.8 Å². The van der Waals surface area contributed by atoms with E-state index in [1.165, 1.54) is 12.1 Å². The summed E-state index contributed by atoms with van der Waals surface area (Å²) in [5.74, 6) is 5.26. The van der Waals surface area contributed by atoms with Gasteiger partial charge < -0.3 is 10.4 Å². The summed E-state index contributed by atoms with van der Waals surface area (Å²) in [7, 11) is 1.82. The molecule has 114 valence electrons. The molecule has 0 saturated carbocycles. The molecule has 4 nitrogen and oxygen atoms in total. The number of carbonyl (C=O) groups excluding carboxylic acids is 1. The van der Waals surface area contributed by atoms with Crippen LogP contribution in [0.1, 0.15) is 24.5 Å². The summed E-state index contributed by atoms with van der Waals surface area (Å²) >= 11 is 0. The Kier molecular flexibility index (Phi) is 7.44. The largest absolute Gasteiger partial charge is 0.395 e. The second kappa shape index (κ2) is 9.11. The van der Waals surface area contributed by atoms with E-state index in [0.717, 1.165) is 5.56 Å². The molecule has 0 heterocycles. The van der Waals surface area contributed by atoms with Gasteiger partial charge in [-0.1, -0.05) is 17.9 Å². The van der Waals surface area contributed by atoms with Crippen LogP contribution < -0.4 is 5.32 Å². The van der Waals surface area contributed by atoms with Crippen LogP contribution in [-0.2, 0) is 11.3 Å². The number of aliphatic hydroxyl groups excluding tert-OH is 1. The monoisotopic (exact) mass is 292 g/mol. The van der Waals surface area contributed by atoms with E-state index in [1.54, 1.807) is 6.07 Å². The number of aliphatic hydroxyl groups is 1. The van der Waals surface area contributed by atoms with Crippen LogP contribution in [0.15, 0.2) is 18.2 Å². The maximum Gasteiger partial charge on any atom is 0.234 e. The minimum absolute atomic E-state index is 0.0191. The van der Waals surface area contributed by atoms with Gasteiger partial charge in [0.25, 0.3) is 0 Å². The Balaban J connectivity index is 2.78. The molecule has 1 rings (SSSR count). The molecule has 5 heteroatoms. The van der Waals surface area contributed by atoms with Gasteiger partial charge in [0, 0.05) is 25.1 Å². The van der Waals surface area contributed by atoms with Crippen LogP contribution in [-0.4, -0.2) is 42.7 Å². The van der Waals surface area contributed by atoms with Crippen molar-refractivity contribution >= 4 is 5.91 Å². The van der Waals surface area contributed by atoms with Crippen LogP contribution in [0.3, 0.4) is 0 Å². The Morgan fingerprint density at radius 3 is 2.90 bits per heavy atom. The summed E-state index contributed by atoms with van der Waals surface area (Å²) < 4.78 is 13.3. The molecule has 2 N–H and O–H groups in total. The van der Waals surface area contributed by atoms with Gasteiger partial charge in [-0.15, -0.1) is 0 Å². The zero-order valence-electron chi connectivity index (χ0n) is 12.4. The average Bonchev–Trinajstić information content (AvgIpc) is 2.42. The van der Waals surface area contributed by atoms with Gasteiger partial charge in [0.05, 0.1) is 13.2 Å². The highest BCUT2D eigenvalue weighted by atomic mass is 19.1. The van der Waals surface area contributed by atoms with E-state index < -0.39 is 0 Å². The molecule has 0 radical (unpaired) electrons. The van der Waals surface area contributed by atoms with Gasteiger partial charge in [-0.3, -0.25) is 9.69 Å². The normalized spacial score (nSPS) is 10.1. The second-order valence-electron chi connectivity index (χ2n) is 4.70. The van der Waals surface area contributed by atoms with Gasteiger partial charge >= 0.3 is 0 Å². The molecule has 0 aromatic heterocycles. The van der Waals surface area contributed by atoms with Crippen LogP contribution in [0.2, 0.25) is 0 Å². The van der Waals surface area contributed by atoms with E-state index in [0.29, 0.717) is 25.1 Å². The summed E-state index contributed by atoms with van der Waals surface area (Å²) in [6.45, 7) is 3.22. The molecular weight excluding hydrogens is 271 g/mol. The van der Waals surface area contributed by atoms with E-state index in [1.807, 2.05) is 18.9 Å². The Labute approximate surface area is 125 Å². The minimum atomic E-state index is -0.349. The highest BCUT2D eigenvalue weighted by Crippen LogP contribution is 2.12. The SMILES string of the molecule is CCNC(=O)CN(C)Cc1ccc(F)cc1C#CCCO. The molecule has 1 aromatic carbocycles. The van der Waals surface area contributed by atoms with Crippen molar-refractivity contribution in [3.05, 3.63) is 35.1 Å². The Morgan fingerprint density at radius 2 is 2.24 bits per heavy atom. The van der Waals surface area contributed by atoms with Crippen molar-refractivity contribution in [2.45, 2.75) is 19.9 Å². The molecule has 0 aliphatic heterocycles. The van der Waals surface area contributed by atoms with E-state index in [4.69, 9.17) is 5.11 Å². The van der Waals surface area contributed by atoms with Crippen LogP contribution in [0.25, 0.3) is 0 Å². The Hall–Kier alpha value is -1.90. The molecular formula is C16H21FN2O2. The number of nitrogens with zero attached hydrogens (tertiary/aromatic N) is 1. The topological polar surface area (TPSA) is 52.6 Å². The van der Waals surface area contributed by atoms with E-state index >= 15 is 0 Å². The molecule has 0 atom stereocenters. The molecule has 0 saturated heterocycles. The molecule has 0 aliphatic rings. The van der Waals surface area contributed by atoms with Gasteiger partial charge in [0.2, 0.25) is 5.91 Å². The first-order valence-corrected chi connectivity index (χ1v) is 6.90. The molecule has 1 amide bonds. The first-order chi connectivity index (χ1) is 10.1. The predicted octanol–water partition coefficient (Wildman–Crippen LogP) is 1.13.